The Kier molecular flexibility index (Phi) is 4.21. The average molecular weight is 262 g/mol. The lowest BCUT2D eigenvalue weighted by molar-refractivity contribution is 0.317. The zero-order chi connectivity index (χ0) is 13.1. The van der Waals surface area contributed by atoms with E-state index in [9.17, 15) is 0 Å². The van der Waals surface area contributed by atoms with Gasteiger partial charge in [0, 0.05) is 24.6 Å². The Hall–Kier alpha value is -0.830. The third kappa shape index (κ3) is 3.38. The summed E-state index contributed by atoms with van der Waals surface area (Å²) in [4.78, 5) is 0. The Morgan fingerprint density at radius 2 is 2.05 bits per heavy atom. The van der Waals surface area contributed by atoms with E-state index in [2.05, 4.69) is 23.5 Å². The van der Waals surface area contributed by atoms with E-state index in [1.54, 1.807) is 0 Å². The van der Waals surface area contributed by atoms with Gasteiger partial charge in [0.25, 0.3) is 0 Å². The molecule has 2 aliphatic rings. The van der Waals surface area contributed by atoms with Crippen molar-refractivity contribution in [2.45, 2.75) is 76.8 Å². The smallest absolute Gasteiger partial charge is 0.140 e. The van der Waals surface area contributed by atoms with E-state index < -0.39 is 0 Å². The topological polar surface area (TPSA) is 38.1 Å². The molecule has 0 saturated heterocycles. The molecule has 3 rings (SSSR count). The molecule has 1 N–H and O–H groups in total. The number of nitrogens with zero attached hydrogens (tertiary/aromatic N) is 1. The molecule has 0 bridgehead atoms. The Morgan fingerprint density at radius 1 is 1.21 bits per heavy atom. The van der Waals surface area contributed by atoms with E-state index in [4.69, 9.17) is 4.52 Å². The zero-order valence-electron chi connectivity index (χ0n) is 12.0. The normalized spacial score (nSPS) is 28.9. The summed E-state index contributed by atoms with van der Waals surface area (Å²) < 4.78 is 5.55. The van der Waals surface area contributed by atoms with Crippen LogP contribution in [-0.4, -0.2) is 11.2 Å². The molecule has 1 aromatic rings. The molecule has 0 aromatic carbocycles. The van der Waals surface area contributed by atoms with E-state index >= 15 is 0 Å². The number of rotatable bonds is 4. The van der Waals surface area contributed by atoms with E-state index in [1.165, 1.54) is 51.4 Å². The standard InChI is InChI=1S/C16H26N2O/c1-12-7-8-14(9-12)17-11-15-10-16(19-18-15)13-5-3-2-4-6-13/h10,12-14,17H,2-9,11H2,1H3. The van der Waals surface area contributed by atoms with Crippen molar-refractivity contribution >= 4 is 0 Å². The predicted molar refractivity (Wildman–Crippen MR) is 76.0 cm³/mol. The highest BCUT2D eigenvalue weighted by Gasteiger charge is 2.22. The fourth-order valence-electron chi connectivity index (χ4n) is 3.63. The highest BCUT2D eigenvalue weighted by molar-refractivity contribution is 5.10. The van der Waals surface area contributed by atoms with Gasteiger partial charge in [0.2, 0.25) is 0 Å². The fourth-order valence-corrected chi connectivity index (χ4v) is 3.63. The van der Waals surface area contributed by atoms with Crippen molar-refractivity contribution in [3.63, 3.8) is 0 Å². The third-order valence-electron chi connectivity index (χ3n) is 4.85. The molecule has 2 aliphatic carbocycles. The first-order valence-corrected chi connectivity index (χ1v) is 8.00. The van der Waals surface area contributed by atoms with Crippen LogP contribution in [0.25, 0.3) is 0 Å². The van der Waals surface area contributed by atoms with Gasteiger partial charge in [0.1, 0.15) is 5.76 Å². The van der Waals surface area contributed by atoms with Crippen LogP contribution in [0, 0.1) is 5.92 Å². The van der Waals surface area contributed by atoms with Crippen molar-refractivity contribution in [1.82, 2.24) is 10.5 Å². The maximum absolute atomic E-state index is 5.55. The maximum Gasteiger partial charge on any atom is 0.140 e. The molecule has 1 heterocycles. The molecule has 0 aliphatic heterocycles. The summed E-state index contributed by atoms with van der Waals surface area (Å²) in [5.74, 6) is 2.63. The molecule has 2 atom stereocenters. The minimum atomic E-state index is 0.626. The highest BCUT2D eigenvalue weighted by Crippen LogP contribution is 2.33. The molecule has 2 fully saturated rings. The van der Waals surface area contributed by atoms with Gasteiger partial charge < -0.3 is 9.84 Å². The van der Waals surface area contributed by atoms with Crippen LogP contribution in [-0.2, 0) is 6.54 Å². The van der Waals surface area contributed by atoms with Gasteiger partial charge in [-0.15, -0.1) is 0 Å². The molecule has 1 aromatic heterocycles. The number of nitrogens with one attached hydrogen (secondary N) is 1. The van der Waals surface area contributed by atoms with Gasteiger partial charge in [-0.05, 0) is 38.0 Å². The van der Waals surface area contributed by atoms with Crippen molar-refractivity contribution in [2.75, 3.05) is 0 Å². The summed E-state index contributed by atoms with van der Waals surface area (Å²) in [6, 6.07) is 2.87. The Bertz CT molecular complexity index is 395. The van der Waals surface area contributed by atoms with Gasteiger partial charge in [-0.3, -0.25) is 0 Å². The third-order valence-corrected chi connectivity index (χ3v) is 4.85. The van der Waals surface area contributed by atoms with Crippen LogP contribution in [0.3, 0.4) is 0 Å². The van der Waals surface area contributed by atoms with Crippen LogP contribution in [0.2, 0.25) is 0 Å². The average Bonchev–Trinajstić information content (AvgIpc) is 3.06. The first-order chi connectivity index (χ1) is 9.31. The van der Waals surface area contributed by atoms with E-state index in [0.717, 1.165) is 23.9 Å². The molecule has 0 spiro atoms. The molecule has 2 unspecified atom stereocenters. The van der Waals surface area contributed by atoms with Gasteiger partial charge in [-0.25, -0.2) is 0 Å². The Balaban J connectivity index is 1.50. The second kappa shape index (κ2) is 6.08. The lowest BCUT2D eigenvalue weighted by Crippen LogP contribution is -2.25. The van der Waals surface area contributed by atoms with Gasteiger partial charge >= 0.3 is 0 Å². The summed E-state index contributed by atoms with van der Waals surface area (Å²) in [7, 11) is 0. The highest BCUT2D eigenvalue weighted by atomic mass is 16.5. The van der Waals surface area contributed by atoms with Crippen LogP contribution in [0.1, 0.15) is 75.7 Å². The summed E-state index contributed by atoms with van der Waals surface area (Å²) >= 11 is 0. The largest absolute Gasteiger partial charge is 0.361 e. The summed E-state index contributed by atoms with van der Waals surface area (Å²) in [6.45, 7) is 3.21. The van der Waals surface area contributed by atoms with Crippen LogP contribution < -0.4 is 5.32 Å². The van der Waals surface area contributed by atoms with Gasteiger partial charge in [-0.1, -0.05) is 31.3 Å². The van der Waals surface area contributed by atoms with Gasteiger partial charge in [-0.2, -0.15) is 0 Å². The van der Waals surface area contributed by atoms with Crippen LogP contribution in [0.15, 0.2) is 10.6 Å². The lowest BCUT2D eigenvalue weighted by Gasteiger charge is -2.18. The number of hydrogen-bond donors (Lipinski definition) is 1. The van der Waals surface area contributed by atoms with Gasteiger partial charge in [0.05, 0.1) is 5.69 Å². The molecule has 3 nitrogen and oxygen atoms in total. The van der Waals surface area contributed by atoms with Gasteiger partial charge in [0.15, 0.2) is 0 Å². The minimum absolute atomic E-state index is 0.626. The molecule has 19 heavy (non-hydrogen) atoms. The Morgan fingerprint density at radius 3 is 2.79 bits per heavy atom. The van der Waals surface area contributed by atoms with Crippen LogP contribution >= 0.6 is 0 Å². The number of hydrogen-bond acceptors (Lipinski definition) is 3. The van der Waals surface area contributed by atoms with Crippen molar-refractivity contribution < 1.29 is 4.52 Å². The minimum Gasteiger partial charge on any atom is -0.361 e. The van der Waals surface area contributed by atoms with Crippen molar-refractivity contribution in [3.8, 4) is 0 Å². The van der Waals surface area contributed by atoms with Crippen LogP contribution in [0.5, 0.6) is 0 Å². The van der Waals surface area contributed by atoms with Crippen molar-refractivity contribution in [1.29, 1.82) is 0 Å². The summed E-state index contributed by atoms with van der Waals surface area (Å²) in [5, 5.41) is 7.86. The monoisotopic (exact) mass is 262 g/mol. The second-order valence-corrected chi connectivity index (χ2v) is 6.55. The van der Waals surface area contributed by atoms with Crippen molar-refractivity contribution in [2.24, 2.45) is 5.92 Å². The summed E-state index contributed by atoms with van der Waals surface area (Å²) in [6.07, 6.45) is 10.6. The molecule has 3 heteroatoms. The van der Waals surface area contributed by atoms with E-state index in [0.29, 0.717) is 12.0 Å². The summed E-state index contributed by atoms with van der Waals surface area (Å²) in [5.41, 5.74) is 1.08. The number of aromatic nitrogens is 1. The molecule has 106 valence electrons. The van der Waals surface area contributed by atoms with E-state index in [1.807, 2.05) is 0 Å². The molecule has 0 amide bonds. The quantitative estimate of drug-likeness (QED) is 0.891. The fraction of sp³-hybridized carbons (Fsp3) is 0.812. The maximum atomic E-state index is 5.55. The lowest BCUT2D eigenvalue weighted by atomic mass is 9.87. The second-order valence-electron chi connectivity index (χ2n) is 6.55. The SMILES string of the molecule is CC1CCC(NCc2cc(C3CCCCC3)on2)C1. The molecule has 0 radical (unpaired) electrons. The molecular formula is C16H26N2O. The van der Waals surface area contributed by atoms with E-state index in [-0.39, 0.29) is 0 Å². The molecule has 2 saturated carbocycles. The predicted octanol–water partition coefficient (Wildman–Crippen LogP) is 4.00. The zero-order valence-corrected chi connectivity index (χ0v) is 12.0. The first kappa shape index (κ1) is 13.2. The van der Waals surface area contributed by atoms with Crippen molar-refractivity contribution in [3.05, 3.63) is 17.5 Å². The first-order valence-electron chi connectivity index (χ1n) is 8.00. The van der Waals surface area contributed by atoms with Crippen LogP contribution in [0.4, 0.5) is 0 Å². The molecular weight excluding hydrogens is 236 g/mol. The Labute approximate surface area is 116 Å².